The van der Waals surface area contributed by atoms with E-state index in [0.29, 0.717) is 5.56 Å². The van der Waals surface area contributed by atoms with Gasteiger partial charge < -0.3 is 10.2 Å². The highest BCUT2D eigenvalue weighted by molar-refractivity contribution is 6.29. The van der Waals surface area contributed by atoms with Crippen molar-refractivity contribution in [2.24, 2.45) is 5.73 Å². The molecule has 2 N–H and O–H groups in total. The van der Waals surface area contributed by atoms with Crippen LogP contribution in [0.5, 0.6) is 0 Å². The molecule has 0 aliphatic rings. The van der Waals surface area contributed by atoms with Crippen LogP contribution in [0.1, 0.15) is 18.0 Å². The number of rotatable bonds is 2. The highest BCUT2D eigenvalue weighted by atomic mass is 35.5. The Morgan fingerprint density at radius 2 is 2.55 bits per heavy atom. The van der Waals surface area contributed by atoms with Gasteiger partial charge in [-0.1, -0.05) is 0 Å². The number of halogens is 1. The number of hydrogen-bond donors (Lipinski definition) is 1. The van der Waals surface area contributed by atoms with Gasteiger partial charge in [0, 0.05) is 11.6 Å². The van der Waals surface area contributed by atoms with Crippen molar-refractivity contribution in [3.8, 4) is 6.07 Å². The van der Waals surface area contributed by atoms with Crippen LogP contribution in [0, 0.1) is 11.3 Å². The Labute approximate surface area is 69.4 Å². The zero-order valence-electron chi connectivity index (χ0n) is 5.75. The Hall–Kier alpha value is -0.980. The fraction of sp³-hybridized carbons (Fsp3) is 0.286. The summed E-state index contributed by atoms with van der Waals surface area (Å²) in [6.45, 7) is 0. The van der Waals surface area contributed by atoms with Gasteiger partial charge in [0.15, 0.2) is 5.22 Å². The molecule has 0 spiro atoms. The van der Waals surface area contributed by atoms with Gasteiger partial charge in [-0.25, -0.2) is 0 Å². The van der Waals surface area contributed by atoms with Crippen molar-refractivity contribution < 1.29 is 4.42 Å². The topological polar surface area (TPSA) is 63.0 Å². The van der Waals surface area contributed by atoms with Gasteiger partial charge in [-0.2, -0.15) is 5.26 Å². The minimum absolute atomic E-state index is 0.249. The molecule has 0 amide bonds. The first-order chi connectivity index (χ1) is 5.25. The fourth-order valence-corrected chi connectivity index (χ4v) is 1.03. The van der Waals surface area contributed by atoms with Crippen LogP contribution in [-0.4, -0.2) is 0 Å². The SMILES string of the molecule is N#CC[C@H](N)c1ccoc1Cl. The van der Waals surface area contributed by atoms with Gasteiger partial charge in [0.1, 0.15) is 0 Å². The van der Waals surface area contributed by atoms with Crippen molar-refractivity contribution in [3.05, 3.63) is 23.1 Å². The van der Waals surface area contributed by atoms with E-state index in [0.717, 1.165) is 0 Å². The van der Waals surface area contributed by atoms with Crippen LogP contribution in [0.2, 0.25) is 5.22 Å². The van der Waals surface area contributed by atoms with Crippen LogP contribution < -0.4 is 5.73 Å². The van der Waals surface area contributed by atoms with E-state index in [2.05, 4.69) is 0 Å². The maximum atomic E-state index is 8.32. The van der Waals surface area contributed by atoms with E-state index in [1.807, 2.05) is 6.07 Å². The Kier molecular flexibility index (Phi) is 2.53. The smallest absolute Gasteiger partial charge is 0.197 e. The maximum absolute atomic E-state index is 8.32. The van der Waals surface area contributed by atoms with E-state index in [4.69, 9.17) is 27.0 Å². The van der Waals surface area contributed by atoms with Crippen LogP contribution in [0.3, 0.4) is 0 Å². The van der Waals surface area contributed by atoms with E-state index >= 15 is 0 Å². The largest absolute Gasteiger partial charge is 0.453 e. The average Bonchev–Trinajstić information content (AvgIpc) is 2.36. The lowest BCUT2D eigenvalue weighted by Crippen LogP contribution is -2.08. The standard InChI is InChI=1S/C7H7ClN2O/c8-7-5(2-4-11-7)6(10)1-3-9/h2,4,6H,1,10H2/t6-/m0/s1. The van der Waals surface area contributed by atoms with Gasteiger partial charge in [-0.15, -0.1) is 0 Å². The highest BCUT2D eigenvalue weighted by Gasteiger charge is 2.11. The maximum Gasteiger partial charge on any atom is 0.197 e. The molecule has 0 aliphatic heterocycles. The summed E-state index contributed by atoms with van der Waals surface area (Å²) in [7, 11) is 0. The zero-order valence-corrected chi connectivity index (χ0v) is 6.51. The Balaban J connectivity index is 2.77. The van der Waals surface area contributed by atoms with Gasteiger partial charge in [-0.05, 0) is 17.7 Å². The number of nitriles is 1. The van der Waals surface area contributed by atoms with Crippen LogP contribution in [0.4, 0.5) is 0 Å². The predicted octanol–water partition coefficient (Wildman–Crippen LogP) is 1.85. The molecule has 1 atom stereocenters. The minimum Gasteiger partial charge on any atom is -0.453 e. The third-order valence-electron chi connectivity index (χ3n) is 1.36. The lowest BCUT2D eigenvalue weighted by atomic mass is 10.1. The second kappa shape index (κ2) is 3.42. The first kappa shape index (κ1) is 8.12. The fourth-order valence-electron chi connectivity index (χ4n) is 0.778. The Morgan fingerprint density at radius 3 is 3.00 bits per heavy atom. The molecular formula is C7H7ClN2O. The van der Waals surface area contributed by atoms with Crippen LogP contribution in [0.15, 0.2) is 16.7 Å². The third kappa shape index (κ3) is 1.73. The van der Waals surface area contributed by atoms with Crippen LogP contribution >= 0.6 is 11.6 Å². The molecule has 0 saturated heterocycles. The zero-order chi connectivity index (χ0) is 8.27. The lowest BCUT2D eigenvalue weighted by molar-refractivity contribution is 0.561. The van der Waals surface area contributed by atoms with E-state index in [-0.39, 0.29) is 17.7 Å². The molecule has 1 aromatic rings. The molecular weight excluding hydrogens is 164 g/mol. The van der Waals surface area contributed by atoms with Crippen molar-refractivity contribution in [2.45, 2.75) is 12.5 Å². The molecule has 4 heteroatoms. The quantitative estimate of drug-likeness (QED) is 0.737. The normalized spacial score (nSPS) is 12.5. The van der Waals surface area contributed by atoms with E-state index in [1.165, 1.54) is 6.26 Å². The van der Waals surface area contributed by atoms with Gasteiger partial charge in [0.2, 0.25) is 0 Å². The first-order valence-corrected chi connectivity index (χ1v) is 3.49. The highest BCUT2D eigenvalue weighted by Crippen LogP contribution is 2.23. The summed E-state index contributed by atoms with van der Waals surface area (Å²) < 4.78 is 4.81. The van der Waals surface area contributed by atoms with Crippen molar-refractivity contribution in [1.29, 1.82) is 5.26 Å². The molecule has 1 heterocycles. The molecule has 0 aliphatic carbocycles. The molecule has 0 bridgehead atoms. The molecule has 58 valence electrons. The van der Waals surface area contributed by atoms with Crippen molar-refractivity contribution in [2.75, 3.05) is 0 Å². The van der Waals surface area contributed by atoms with Crippen molar-refractivity contribution in [3.63, 3.8) is 0 Å². The minimum atomic E-state index is -0.341. The van der Waals surface area contributed by atoms with Crippen molar-refractivity contribution >= 4 is 11.6 Å². The molecule has 0 unspecified atom stereocenters. The second-order valence-electron chi connectivity index (χ2n) is 2.12. The summed E-state index contributed by atoms with van der Waals surface area (Å²) in [5.74, 6) is 0. The van der Waals surface area contributed by atoms with Gasteiger partial charge >= 0.3 is 0 Å². The van der Waals surface area contributed by atoms with Gasteiger partial charge in [-0.3, -0.25) is 0 Å². The molecule has 0 aromatic carbocycles. The summed E-state index contributed by atoms with van der Waals surface area (Å²) in [6, 6.07) is 3.29. The number of furan rings is 1. The van der Waals surface area contributed by atoms with Crippen LogP contribution in [-0.2, 0) is 0 Å². The monoisotopic (exact) mass is 170 g/mol. The molecule has 0 fully saturated rings. The van der Waals surface area contributed by atoms with E-state index < -0.39 is 0 Å². The predicted molar refractivity (Wildman–Crippen MR) is 40.9 cm³/mol. The molecule has 0 saturated carbocycles. The summed E-state index contributed by atoms with van der Waals surface area (Å²) in [4.78, 5) is 0. The molecule has 1 aromatic heterocycles. The molecule has 11 heavy (non-hydrogen) atoms. The Morgan fingerprint density at radius 1 is 1.82 bits per heavy atom. The average molecular weight is 171 g/mol. The number of nitrogens with zero attached hydrogens (tertiary/aromatic N) is 1. The summed E-state index contributed by atoms with van der Waals surface area (Å²) in [5, 5.41) is 8.59. The van der Waals surface area contributed by atoms with Gasteiger partial charge in [0.05, 0.1) is 18.8 Å². The van der Waals surface area contributed by atoms with Crippen LogP contribution in [0.25, 0.3) is 0 Å². The molecule has 1 rings (SSSR count). The van der Waals surface area contributed by atoms with Crippen molar-refractivity contribution in [1.82, 2.24) is 0 Å². The lowest BCUT2D eigenvalue weighted by Gasteiger charge is -2.02. The van der Waals surface area contributed by atoms with Gasteiger partial charge in [0.25, 0.3) is 0 Å². The summed E-state index contributed by atoms with van der Waals surface area (Å²) >= 11 is 5.61. The third-order valence-corrected chi connectivity index (χ3v) is 1.66. The Bertz CT molecular complexity index is 276. The molecule has 0 radical (unpaired) electrons. The summed E-state index contributed by atoms with van der Waals surface area (Å²) in [5.41, 5.74) is 6.27. The summed E-state index contributed by atoms with van der Waals surface area (Å²) in [6.07, 6.45) is 1.70. The number of hydrogen-bond acceptors (Lipinski definition) is 3. The van der Waals surface area contributed by atoms with E-state index in [9.17, 15) is 0 Å². The first-order valence-electron chi connectivity index (χ1n) is 3.11. The van der Waals surface area contributed by atoms with E-state index in [1.54, 1.807) is 6.07 Å². The molecule has 3 nitrogen and oxygen atoms in total. The second-order valence-corrected chi connectivity index (χ2v) is 2.46. The number of nitrogens with two attached hydrogens (primary N) is 1.